The molecule has 0 fully saturated rings. The zero-order valence-electron chi connectivity index (χ0n) is 9.16. The molecule has 2 rings (SSSR count). The van der Waals surface area contributed by atoms with Crippen LogP contribution in [0.4, 0.5) is 8.78 Å². The van der Waals surface area contributed by atoms with E-state index in [1.54, 1.807) is 18.2 Å². The summed E-state index contributed by atoms with van der Waals surface area (Å²) >= 11 is 3.25. The highest BCUT2D eigenvalue weighted by molar-refractivity contribution is 9.10. The van der Waals surface area contributed by atoms with Crippen LogP contribution >= 0.6 is 15.9 Å². The van der Waals surface area contributed by atoms with Crippen molar-refractivity contribution in [1.29, 1.82) is 0 Å². The van der Waals surface area contributed by atoms with Gasteiger partial charge in [-0.25, -0.2) is 4.39 Å². The summed E-state index contributed by atoms with van der Waals surface area (Å²) in [6, 6.07) is 8.51. The fraction of sp³-hybridized carbons (Fsp3) is 0.0769. The van der Waals surface area contributed by atoms with Crippen molar-refractivity contribution in [2.75, 3.05) is 0 Å². The Kier molecular flexibility index (Phi) is 3.93. The Morgan fingerprint density at radius 1 is 1.17 bits per heavy atom. The van der Waals surface area contributed by atoms with E-state index in [9.17, 15) is 8.78 Å². The first-order chi connectivity index (χ1) is 8.61. The van der Waals surface area contributed by atoms with Gasteiger partial charge >= 0.3 is 0 Å². The topological polar surface area (TPSA) is 29.5 Å². The lowest BCUT2D eigenvalue weighted by molar-refractivity contribution is 0.281. The van der Waals surface area contributed by atoms with Gasteiger partial charge in [-0.1, -0.05) is 28.1 Å². The van der Waals surface area contributed by atoms with E-state index in [0.717, 1.165) is 6.07 Å². The summed E-state index contributed by atoms with van der Waals surface area (Å²) in [6.45, 7) is -0.116. The Labute approximate surface area is 111 Å². The van der Waals surface area contributed by atoms with Gasteiger partial charge in [0, 0.05) is 4.47 Å². The zero-order chi connectivity index (χ0) is 13.1. The number of hydrogen-bond acceptors (Lipinski definition) is 2. The number of aliphatic hydroxyl groups excluding tert-OH is 1. The third-order valence-corrected chi connectivity index (χ3v) is 3.08. The number of hydrogen-bond donors (Lipinski definition) is 1. The summed E-state index contributed by atoms with van der Waals surface area (Å²) in [6.07, 6.45) is 0. The van der Waals surface area contributed by atoms with Gasteiger partial charge in [0.05, 0.1) is 6.61 Å². The minimum atomic E-state index is -1.03. The van der Waals surface area contributed by atoms with Gasteiger partial charge in [0.1, 0.15) is 5.75 Å². The van der Waals surface area contributed by atoms with E-state index in [1.807, 2.05) is 0 Å². The molecule has 2 aromatic carbocycles. The lowest BCUT2D eigenvalue weighted by Crippen LogP contribution is -1.92. The molecule has 0 atom stereocenters. The predicted molar refractivity (Wildman–Crippen MR) is 66.5 cm³/mol. The molecule has 0 saturated carbocycles. The lowest BCUT2D eigenvalue weighted by Gasteiger charge is -2.08. The van der Waals surface area contributed by atoms with Crippen molar-refractivity contribution in [3.05, 3.63) is 58.1 Å². The highest BCUT2D eigenvalue weighted by Crippen LogP contribution is 2.29. The van der Waals surface area contributed by atoms with Gasteiger partial charge in [0.15, 0.2) is 11.6 Å². The van der Waals surface area contributed by atoms with Crippen molar-refractivity contribution >= 4 is 15.9 Å². The van der Waals surface area contributed by atoms with Gasteiger partial charge in [-0.2, -0.15) is 4.39 Å². The van der Waals surface area contributed by atoms with E-state index in [-0.39, 0.29) is 12.4 Å². The molecule has 0 amide bonds. The van der Waals surface area contributed by atoms with E-state index >= 15 is 0 Å². The third-order valence-electron chi connectivity index (χ3n) is 2.34. The van der Waals surface area contributed by atoms with Crippen LogP contribution in [-0.2, 0) is 6.61 Å². The first kappa shape index (κ1) is 13.0. The van der Waals surface area contributed by atoms with E-state index in [2.05, 4.69) is 15.9 Å². The molecule has 18 heavy (non-hydrogen) atoms. The molecule has 94 valence electrons. The maximum absolute atomic E-state index is 13.4. The minimum Gasteiger partial charge on any atom is -0.454 e. The normalized spacial score (nSPS) is 10.4. The van der Waals surface area contributed by atoms with Crippen LogP contribution in [0, 0.1) is 11.6 Å². The smallest absolute Gasteiger partial charge is 0.201 e. The molecule has 0 radical (unpaired) electrons. The van der Waals surface area contributed by atoms with Crippen molar-refractivity contribution < 1.29 is 18.6 Å². The molecule has 2 aromatic rings. The molecule has 0 aliphatic heterocycles. The van der Waals surface area contributed by atoms with E-state index in [0.29, 0.717) is 15.8 Å². The number of ether oxygens (including phenoxy) is 1. The maximum atomic E-state index is 13.4. The van der Waals surface area contributed by atoms with Gasteiger partial charge in [-0.3, -0.25) is 0 Å². The van der Waals surface area contributed by atoms with Crippen molar-refractivity contribution in [3.8, 4) is 11.5 Å². The lowest BCUT2D eigenvalue weighted by atomic mass is 10.2. The fourth-order valence-electron chi connectivity index (χ4n) is 1.41. The number of benzene rings is 2. The van der Waals surface area contributed by atoms with E-state index in [4.69, 9.17) is 9.84 Å². The Morgan fingerprint density at radius 3 is 2.61 bits per heavy atom. The third kappa shape index (κ3) is 2.68. The summed E-state index contributed by atoms with van der Waals surface area (Å²) in [5.41, 5.74) is 0.682. The number of rotatable bonds is 3. The molecule has 0 aliphatic carbocycles. The van der Waals surface area contributed by atoms with Gasteiger partial charge in [0.25, 0.3) is 0 Å². The molecule has 0 aromatic heterocycles. The fourth-order valence-corrected chi connectivity index (χ4v) is 1.89. The second kappa shape index (κ2) is 5.46. The van der Waals surface area contributed by atoms with Crippen molar-refractivity contribution in [2.24, 2.45) is 0 Å². The molecular formula is C13H9BrF2O2. The number of aliphatic hydroxyl groups is 1. The highest BCUT2D eigenvalue weighted by atomic mass is 79.9. The predicted octanol–water partition coefficient (Wildman–Crippen LogP) is 4.01. The highest BCUT2D eigenvalue weighted by Gasteiger charge is 2.10. The molecule has 0 saturated heterocycles. The average molecular weight is 315 g/mol. The molecular weight excluding hydrogens is 306 g/mol. The Hall–Kier alpha value is -1.46. The van der Waals surface area contributed by atoms with Crippen LogP contribution in [0.25, 0.3) is 0 Å². The average Bonchev–Trinajstić information content (AvgIpc) is 2.35. The van der Waals surface area contributed by atoms with E-state index in [1.165, 1.54) is 12.1 Å². The quantitative estimate of drug-likeness (QED) is 0.927. The first-order valence-corrected chi connectivity index (χ1v) is 5.92. The molecule has 0 unspecified atom stereocenters. The standard InChI is InChI=1S/C13H9BrF2O2/c14-10-6-9(5-4-8(10)7-17)18-12-3-1-2-11(15)13(12)16/h1-6,17H,7H2. The Bertz CT molecular complexity index is 573. The molecule has 0 heterocycles. The second-order valence-corrected chi connectivity index (χ2v) is 4.42. The van der Waals surface area contributed by atoms with Gasteiger partial charge in [0.2, 0.25) is 5.82 Å². The van der Waals surface area contributed by atoms with Gasteiger partial charge in [-0.15, -0.1) is 0 Å². The van der Waals surface area contributed by atoms with Gasteiger partial charge in [-0.05, 0) is 29.8 Å². The molecule has 2 nitrogen and oxygen atoms in total. The van der Waals surface area contributed by atoms with Crippen LogP contribution in [0.15, 0.2) is 40.9 Å². The number of halogens is 3. The first-order valence-electron chi connectivity index (χ1n) is 5.13. The second-order valence-electron chi connectivity index (χ2n) is 3.57. The van der Waals surface area contributed by atoms with Crippen LogP contribution in [-0.4, -0.2) is 5.11 Å². The Morgan fingerprint density at radius 2 is 1.94 bits per heavy atom. The van der Waals surface area contributed by atoms with Crippen LogP contribution in [0.2, 0.25) is 0 Å². The minimum absolute atomic E-state index is 0.116. The van der Waals surface area contributed by atoms with Crippen molar-refractivity contribution in [2.45, 2.75) is 6.61 Å². The van der Waals surface area contributed by atoms with Gasteiger partial charge < -0.3 is 9.84 Å². The van der Waals surface area contributed by atoms with Crippen molar-refractivity contribution in [3.63, 3.8) is 0 Å². The van der Waals surface area contributed by atoms with E-state index < -0.39 is 11.6 Å². The Balaban J connectivity index is 2.29. The SMILES string of the molecule is OCc1ccc(Oc2cccc(F)c2F)cc1Br. The van der Waals surface area contributed by atoms with Crippen LogP contribution < -0.4 is 4.74 Å². The summed E-state index contributed by atoms with van der Waals surface area (Å²) in [7, 11) is 0. The summed E-state index contributed by atoms with van der Waals surface area (Å²) < 4.78 is 32.2. The van der Waals surface area contributed by atoms with Crippen molar-refractivity contribution in [1.82, 2.24) is 0 Å². The summed E-state index contributed by atoms with van der Waals surface area (Å²) in [5, 5.41) is 9.00. The molecule has 0 aliphatic rings. The largest absolute Gasteiger partial charge is 0.454 e. The summed E-state index contributed by atoms with van der Waals surface area (Å²) in [4.78, 5) is 0. The zero-order valence-corrected chi connectivity index (χ0v) is 10.7. The monoisotopic (exact) mass is 314 g/mol. The molecule has 0 bridgehead atoms. The maximum Gasteiger partial charge on any atom is 0.201 e. The van der Waals surface area contributed by atoms with Crippen LogP contribution in [0.1, 0.15) is 5.56 Å². The molecule has 0 spiro atoms. The van der Waals surface area contributed by atoms with Crippen LogP contribution in [0.5, 0.6) is 11.5 Å². The molecule has 1 N–H and O–H groups in total. The van der Waals surface area contributed by atoms with Crippen LogP contribution in [0.3, 0.4) is 0 Å². The molecule has 5 heteroatoms. The summed E-state index contributed by atoms with van der Waals surface area (Å²) in [5.74, 6) is -1.82.